The van der Waals surface area contributed by atoms with E-state index in [9.17, 15) is 0 Å². The Bertz CT molecular complexity index is 3020. The van der Waals surface area contributed by atoms with E-state index in [0.29, 0.717) is 5.41 Å². The summed E-state index contributed by atoms with van der Waals surface area (Å²) >= 11 is 0. The molecule has 0 amide bonds. The maximum atomic E-state index is 2.58. The minimum atomic E-state index is -0.445. The average molecular weight is 846 g/mol. The SMILES string of the molecule is c1ccc(C2(c3ccc(N(c4ccc(C5(c6ccccc6)c6ccccc6-c6ccccc65)cc4)c4cccc(C56CC7CC(CC5C7)C6)c4)cc3)c3ccccc3-c3ccccc32)cc1. The first-order valence-corrected chi connectivity index (χ1v) is 24.3. The molecule has 4 bridgehead atoms. The van der Waals surface area contributed by atoms with Crippen LogP contribution in [0.5, 0.6) is 0 Å². The summed E-state index contributed by atoms with van der Waals surface area (Å²) in [7, 11) is 0. The maximum absolute atomic E-state index is 2.58. The zero-order valence-electron chi connectivity index (χ0n) is 37.2. The van der Waals surface area contributed by atoms with E-state index in [1.807, 2.05) is 0 Å². The summed E-state index contributed by atoms with van der Waals surface area (Å²) < 4.78 is 0. The number of hydrogen-bond acceptors (Lipinski definition) is 1. The third-order valence-electron chi connectivity index (χ3n) is 17.1. The lowest BCUT2D eigenvalue weighted by Crippen LogP contribution is -2.29. The van der Waals surface area contributed by atoms with E-state index in [1.165, 1.54) is 105 Å². The predicted molar refractivity (Wildman–Crippen MR) is 271 cm³/mol. The molecule has 66 heavy (non-hydrogen) atoms. The molecule has 9 aromatic carbocycles. The van der Waals surface area contributed by atoms with Crippen LogP contribution in [0.4, 0.5) is 17.1 Å². The number of nitrogens with zero attached hydrogens (tertiary/aromatic N) is 1. The van der Waals surface area contributed by atoms with Crippen LogP contribution in [0, 0.1) is 17.8 Å². The summed E-state index contributed by atoms with van der Waals surface area (Å²) in [5.41, 5.74) is 20.3. The molecule has 9 aromatic rings. The number of anilines is 3. The van der Waals surface area contributed by atoms with Gasteiger partial charge in [-0.1, -0.05) is 194 Å². The molecule has 2 unspecified atom stereocenters. The van der Waals surface area contributed by atoms with Crippen molar-refractivity contribution in [1.82, 2.24) is 0 Å². The van der Waals surface area contributed by atoms with Crippen molar-refractivity contribution in [3.63, 3.8) is 0 Å². The fourth-order valence-electron chi connectivity index (χ4n) is 14.8. The molecule has 1 nitrogen and oxygen atoms in total. The summed E-state index contributed by atoms with van der Waals surface area (Å²) in [4.78, 5) is 2.53. The molecule has 0 heterocycles. The second kappa shape index (κ2) is 14.4. The number of benzene rings is 9. The molecule has 0 radical (unpaired) electrons. The number of hydrogen-bond donors (Lipinski definition) is 0. The molecule has 316 valence electrons. The van der Waals surface area contributed by atoms with Crippen molar-refractivity contribution in [1.29, 1.82) is 0 Å². The van der Waals surface area contributed by atoms with E-state index in [1.54, 1.807) is 5.56 Å². The smallest absolute Gasteiger partial charge is 0.0713 e. The van der Waals surface area contributed by atoms with Crippen molar-refractivity contribution in [2.24, 2.45) is 17.8 Å². The van der Waals surface area contributed by atoms with Gasteiger partial charge >= 0.3 is 0 Å². The second-order valence-electron chi connectivity index (χ2n) is 20.1. The van der Waals surface area contributed by atoms with Gasteiger partial charge in [-0.15, -0.1) is 0 Å². The van der Waals surface area contributed by atoms with Gasteiger partial charge in [0.1, 0.15) is 0 Å². The first-order valence-electron chi connectivity index (χ1n) is 24.3. The molecule has 0 aliphatic heterocycles. The monoisotopic (exact) mass is 845 g/mol. The van der Waals surface area contributed by atoms with Gasteiger partial charge in [-0.25, -0.2) is 0 Å². The summed E-state index contributed by atoms with van der Waals surface area (Å²) in [6.07, 6.45) is 6.99. The fourth-order valence-corrected chi connectivity index (χ4v) is 14.8. The van der Waals surface area contributed by atoms with Crippen LogP contribution in [0.2, 0.25) is 0 Å². The highest BCUT2D eigenvalue weighted by molar-refractivity contribution is 5.88. The van der Waals surface area contributed by atoms with E-state index in [2.05, 4.69) is 235 Å². The van der Waals surface area contributed by atoms with Crippen LogP contribution in [-0.2, 0) is 16.2 Å². The van der Waals surface area contributed by atoms with Gasteiger partial charge in [0.15, 0.2) is 0 Å². The molecular formula is C65H51N. The van der Waals surface area contributed by atoms with Crippen molar-refractivity contribution in [2.75, 3.05) is 4.90 Å². The Balaban J connectivity index is 0.945. The summed E-state index contributed by atoms with van der Waals surface area (Å²) in [5, 5.41) is 0. The van der Waals surface area contributed by atoms with Crippen molar-refractivity contribution < 1.29 is 0 Å². The molecule has 6 aliphatic carbocycles. The van der Waals surface area contributed by atoms with E-state index >= 15 is 0 Å². The Morgan fingerprint density at radius 3 is 1.09 bits per heavy atom. The molecule has 15 rings (SSSR count). The molecule has 0 saturated heterocycles. The highest BCUT2D eigenvalue weighted by Gasteiger charge is 2.58. The van der Waals surface area contributed by atoms with E-state index in [0.717, 1.165) is 29.1 Å². The highest BCUT2D eigenvalue weighted by Crippen LogP contribution is 2.66. The molecular weight excluding hydrogens is 795 g/mol. The average Bonchev–Trinajstić information content (AvgIpc) is 4.04. The highest BCUT2D eigenvalue weighted by atomic mass is 15.1. The first-order chi connectivity index (χ1) is 32.7. The van der Waals surface area contributed by atoms with Gasteiger partial charge in [-0.05, 0) is 164 Å². The zero-order valence-corrected chi connectivity index (χ0v) is 37.2. The Morgan fingerprint density at radius 2 is 0.667 bits per heavy atom. The summed E-state index contributed by atoms with van der Waals surface area (Å²) in [6.45, 7) is 0. The Labute approximate surface area is 389 Å². The third-order valence-corrected chi connectivity index (χ3v) is 17.1. The van der Waals surface area contributed by atoms with Gasteiger partial charge in [0, 0.05) is 17.1 Å². The lowest BCUT2D eigenvalue weighted by molar-refractivity contribution is 0.266. The largest absolute Gasteiger partial charge is 0.310 e. The van der Waals surface area contributed by atoms with Crippen molar-refractivity contribution in [3.8, 4) is 22.3 Å². The minimum absolute atomic E-state index is 0.319. The second-order valence-corrected chi connectivity index (χ2v) is 20.1. The zero-order chi connectivity index (χ0) is 43.5. The van der Waals surface area contributed by atoms with E-state index in [-0.39, 0.29) is 0 Å². The molecule has 2 atom stereocenters. The van der Waals surface area contributed by atoms with Crippen molar-refractivity contribution >= 4 is 17.1 Å². The first kappa shape index (κ1) is 38.1. The van der Waals surface area contributed by atoms with Crippen LogP contribution in [-0.4, -0.2) is 0 Å². The molecule has 0 spiro atoms. The van der Waals surface area contributed by atoms with Crippen LogP contribution in [0.15, 0.2) is 231 Å². The topological polar surface area (TPSA) is 3.24 Å². The van der Waals surface area contributed by atoms with Gasteiger partial charge in [0.25, 0.3) is 0 Å². The Morgan fingerprint density at radius 1 is 0.303 bits per heavy atom. The Kier molecular flexibility index (Phi) is 8.30. The standard InChI is InChI=1S/C65H51N/c1-3-16-46(17-4-1)64(59-26-11-7-22-55(59)56-23-8-12-27-60(56)64)48-30-34-52(35-31-48)66(54-21-15-20-50(41-54)63-42-44-38-45(43-63)40-51(63)39-44)53-36-32-49(33-37-53)65(47-18-5-2-6-19-47)61-28-13-9-24-57(61)58-25-10-14-29-62(58)65/h1-37,41,44-45,51H,38-40,42-43H2. The Hall–Kier alpha value is -7.22. The fraction of sp³-hybridized carbons (Fsp3) is 0.169. The number of rotatable bonds is 8. The normalized spacial score (nSPS) is 21.8. The molecule has 1 heteroatoms. The van der Waals surface area contributed by atoms with Gasteiger partial charge in [0.2, 0.25) is 0 Å². The minimum Gasteiger partial charge on any atom is -0.310 e. The third kappa shape index (κ3) is 5.17. The van der Waals surface area contributed by atoms with Gasteiger partial charge in [-0.3, -0.25) is 0 Å². The molecule has 4 fully saturated rings. The molecule has 4 saturated carbocycles. The van der Waals surface area contributed by atoms with E-state index < -0.39 is 10.8 Å². The van der Waals surface area contributed by atoms with Crippen LogP contribution in [0.25, 0.3) is 22.3 Å². The lowest BCUT2D eigenvalue weighted by atomic mass is 9.67. The predicted octanol–water partition coefficient (Wildman–Crippen LogP) is 16.0. The van der Waals surface area contributed by atoms with Crippen LogP contribution in [0.1, 0.15) is 82.2 Å². The van der Waals surface area contributed by atoms with Crippen molar-refractivity contribution in [2.45, 2.75) is 48.3 Å². The van der Waals surface area contributed by atoms with Crippen molar-refractivity contribution in [3.05, 3.63) is 281 Å². The summed E-state index contributed by atoms with van der Waals surface area (Å²) in [5.74, 6) is 2.61. The quantitative estimate of drug-likeness (QED) is 0.147. The van der Waals surface area contributed by atoms with Gasteiger partial charge in [-0.2, -0.15) is 0 Å². The van der Waals surface area contributed by atoms with Gasteiger partial charge in [0.05, 0.1) is 10.8 Å². The maximum Gasteiger partial charge on any atom is 0.0713 e. The summed E-state index contributed by atoms with van der Waals surface area (Å²) in [6, 6.07) is 87.5. The lowest BCUT2D eigenvalue weighted by Gasteiger charge is -2.36. The molecule has 0 N–H and O–H groups in total. The number of fused-ring (bicyclic) bond motifs is 6. The van der Waals surface area contributed by atoms with Crippen LogP contribution < -0.4 is 4.90 Å². The van der Waals surface area contributed by atoms with Crippen LogP contribution >= 0.6 is 0 Å². The van der Waals surface area contributed by atoms with Crippen LogP contribution in [0.3, 0.4) is 0 Å². The van der Waals surface area contributed by atoms with E-state index in [4.69, 9.17) is 0 Å². The molecule has 0 aromatic heterocycles. The van der Waals surface area contributed by atoms with Gasteiger partial charge < -0.3 is 4.90 Å². The molecule has 6 aliphatic rings.